The molecule has 1 rings (SSSR count). The van der Waals surface area contributed by atoms with Crippen LogP contribution in [0.1, 0.15) is 29.5 Å². The van der Waals surface area contributed by atoms with Crippen molar-refractivity contribution >= 4 is 11.6 Å². The number of methoxy groups -OCH3 is 1. The van der Waals surface area contributed by atoms with E-state index >= 15 is 0 Å². The number of ether oxygens (including phenoxy) is 1. The maximum atomic E-state index is 9.16. The molecule has 3 heteroatoms. The third-order valence-corrected chi connectivity index (χ3v) is 3.22. The Bertz CT molecular complexity index is 361. The first-order valence-electron chi connectivity index (χ1n) is 4.97. The average molecular weight is 229 g/mol. The summed E-state index contributed by atoms with van der Waals surface area (Å²) in [6.07, 6.45) is 0. The van der Waals surface area contributed by atoms with Gasteiger partial charge in [0.15, 0.2) is 0 Å². The summed E-state index contributed by atoms with van der Waals surface area (Å²) < 4.78 is 5.29. The molecule has 0 bridgehead atoms. The molecule has 0 fully saturated rings. The Morgan fingerprint density at radius 1 is 1.47 bits per heavy atom. The summed E-state index contributed by atoms with van der Waals surface area (Å²) in [6, 6.07) is 2.03. The summed E-state index contributed by atoms with van der Waals surface area (Å²) in [4.78, 5) is 0. The van der Waals surface area contributed by atoms with Crippen LogP contribution in [0.4, 0.5) is 0 Å². The van der Waals surface area contributed by atoms with Crippen molar-refractivity contribution in [3.05, 3.63) is 27.8 Å². The molecule has 0 saturated heterocycles. The van der Waals surface area contributed by atoms with Gasteiger partial charge in [-0.1, -0.05) is 24.6 Å². The summed E-state index contributed by atoms with van der Waals surface area (Å²) in [6.45, 7) is 6.01. The van der Waals surface area contributed by atoms with E-state index in [0.717, 1.165) is 16.7 Å². The second-order valence-corrected chi connectivity index (χ2v) is 4.22. The quantitative estimate of drug-likeness (QED) is 0.862. The molecule has 15 heavy (non-hydrogen) atoms. The normalized spacial score (nSPS) is 12.7. The van der Waals surface area contributed by atoms with E-state index in [1.54, 1.807) is 7.11 Å². The Labute approximate surface area is 95.8 Å². The lowest BCUT2D eigenvalue weighted by atomic mass is 9.96. The highest BCUT2D eigenvalue weighted by Crippen LogP contribution is 2.37. The molecule has 0 aliphatic carbocycles. The van der Waals surface area contributed by atoms with E-state index in [2.05, 4.69) is 0 Å². The molecule has 84 valence electrons. The maximum absolute atomic E-state index is 9.16. The van der Waals surface area contributed by atoms with Crippen molar-refractivity contribution in [2.45, 2.75) is 26.7 Å². The van der Waals surface area contributed by atoms with E-state index in [4.69, 9.17) is 21.4 Å². The van der Waals surface area contributed by atoms with Gasteiger partial charge in [0.05, 0.1) is 12.1 Å². The van der Waals surface area contributed by atoms with E-state index in [0.29, 0.717) is 10.8 Å². The highest BCUT2D eigenvalue weighted by atomic mass is 35.5. The number of hydrogen-bond acceptors (Lipinski definition) is 2. The molecular formula is C12H17ClO2. The van der Waals surface area contributed by atoms with Crippen LogP contribution in [0.3, 0.4) is 0 Å². The zero-order valence-corrected chi connectivity index (χ0v) is 10.4. The van der Waals surface area contributed by atoms with Crippen molar-refractivity contribution in [2.75, 3.05) is 13.7 Å². The number of rotatable bonds is 3. The van der Waals surface area contributed by atoms with Gasteiger partial charge >= 0.3 is 0 Å². The Morgan fingerprint density at radius 2 is 2.07 bits per heavy atom. The highest BCUT2D eigenvalue weighted by molar-refractivity contribution is 6.33. The molecule has 0 aliphatic heterocycles. The summed E-state index contributed by atoms with van der Waals surface area (Å²) in [5, 5.41) is 9.81. The molecule has 0 amide bonds. The number of aryl methyl sites for hydroxylation is 1. The number of aliphatic hydroxyl groups is 1. The van der Waals surface area contributed by atoms with Gasteiger partial charge in [-0.3, -0.25) is 0 Å². The number of aliphatic hydroxyl groups excluding tert-OH is 1. The molecule has 1 unspecified atom stereocenters. The molecule has 0 aliphatic rings. The van der Waals surface area contributed by atoms with Crippen LogP contribution in [0, 0.1) is 13.8 Å². The number of hydrogen-bond donors (Lipinski definition) is 1. The fourth-order valence-corrected chi connectivity index (χ4v) is 1.88. The van der Waals surface area contributed by atoms with Crippen molar-refractivity contribution in [1.29, 1.82) is 0 Å². The van der Waals surface area contributed by atoms with Gasteiger partial charge in [0, 0.05) is 18.1 Å². The first kappa shape index (κ1) is 12.3. The third kappa shape index (κ3) is 2.27. The summed E-state index contributed by atoms with van der Waals surface area (Å²) in [5.41, 5.74) is 3.12. The topological polar surface area (TPSA) is 29.5 Å². The fraction of sp³-hybridized carbons (Fsp3) is 0.500. The van der Waals surface area contributed by atoms with Gasteiger partial charge < -0.3 is 9.84 Å². The first-order chi connectivity index (χ1) is 7.02. The van der Waals surface area contributed by atoms with E-state index in [1.165, 1.54) is 0 Å². The number of benzene rings is 1. The fourth-order valence-electron chi connectivity index (χ4n) is 1.55. The standard InChI is InChI=1S/C12H17ClO2/c1-7-5-10(8(2)6-14)12(15-4)11(13)9(7)3/h5,8,14H,6H2,1-4H3. The zero-order chi connectivity index (χ0) is 11.6. The molecular weight excluding hydrogens is 212 g/mol. The van der Waals surface area contributed by atoms with Crippen molar-refractivity contribution in [3.63, 3.8) is 0 Å². The lowest BCUT2D eigenvalue weighted by Crippen LogP contribution is -2.04. The molecule has 1 atom stereocenters. The first-order valence-corrected chi connectivity index (χ1v) is 5.35. The van der Waals surface area contributed by atoms with Crippen LogP contribution < -0.4 is 4.74 Å². The summed E-state index contributed by atoms with van der Waals surface area (Å²) in [7, 11) is 1.60. The van der Waals surface area contributed by atoms with Gasteiger partial charge in [-0.25, -0.2) is 0 Å². The van der Waals surface area contributed by atoms with E-state index in [9.17, 15) is 0 Å². The third-order valence-electron chi connectivity index (χ3n) is 2.76. The molecule has 0 saturated carbocycles. The van der Waals surface area contributed by atoms with Gasteiger partial charge in [-0.15, -0.1) is 0 Å². The van der Waals surface area contributed by atoms with Crippen molar-refractivity contribution < 1.29 is 9.84 Å². The Kier molecular flexibility index (Phi) is 4.00. The molecule has 1 aromatic rings. The molecule has 1 aromatic carbocycles. The van der Waals surface area contributed by atoms with Crippen molar-refractivity contribution in [2.24, 2.45) is 0 Å². The van der Waals surface area contributed by atoms with E-state index in [-0.39, 0.29) is 12.5 Å². The average Bonchev–Trinajstić information content (AvgIpc) is 2.24. The SMILES string of the molecule is COc1c(C(C)CO)cc(C)c(C)c1Cl. The highest BCUT2D eigenvalue weighted by Gasteiger charge is 2.16. The lowest BCUT2D eigenvalue weighted by Gasteiger charge is -2.17. The molecule has 0 aromatic heterocycles. The largest absolute Gasteiger partial charge is 0.495 e. The van der Waals surface area contributed by atoms with Crippen molar-refractivity contribution in [3.8, 4) is 5.75 Å². The van der Waals surface area contributed by atoms with Gasteiger partial charge in [-0.2, -0.15) is 0 Å². The van der Waals surface area contributed by atoms with Crippen LogP contribution in [-0.2, 0) is 0 Å². The molecule has 0 radical (unpaired) electrons. The van der Waals surface area contributed by atoms with Gasteiger partial charge in [0.25, 0.3) is 0 Å². The van der Waals surface area contributed by atoms with Crippen molar-refractivity contribution in [1.82, 2.24) is 0 Å². The molecule has 0 heterocycles. The molecule has 2 nitrogen and oxygen atoms in total. The Hall–Kier alpha value is -0.730. The lowest BCUT2D eigenvalue weighted by molar-refractivity contribution is 0.269. The minimum Gasteiger partial charge on any atom is -0.495 e. The van der Waals surface area contributed by atoms with Gasteiger partial charge in [-0.05, 0) is 25.0 Å². The number of halogens is 1. The predicted molar refractivity (Wildman–Crippen MR) is 63.0 cm³/mol. The molecule has 1 N–H and O–H groups in total. The Morgan fingerprint density at radius 3 is 2.53 bits per heavy atom. The predicted octanol–water partition coefficient (Wildman–Crippen LogP) is 3.06. The second-order valence-electron chi connectivity index (χ2n) is 3.84. The maximum Gasteiger partial charge on any atom is 0.141 e. The summed E-state index contributed by atoms with van der Waals surface area (Å²) >= 11 is 6.20. The minimum absolute atomic E-state index is 0.0387. The van der Waals surface area contributed by atoms with Gasteiger partial charge in [0.1, 0.15) is 5.75 Å². The zero-order valence-electron chi connectivity index (χ0n) is 9.60. The minimum atomic E-state index is 0.0387. The van der Waals surface area contributed by atoms with Gasteiger partial charge in [0.2, 0.25) is 0 Å². The van der Waals surface area contributed by atoms with Crippen LogP contribution in [-0.4, -0.2) is 18.8 Å². The van der Waals surface area contributed by atoms with E-state index < -0.39 is 0 Å². The molecule has 0 spiro atoms. The van der Waals surface area contributed by atoms with Crippen LogP contribution in [0.25, 0.3) is 0 Å². The van der Waals surface area contributed by atoms with Crippen LogP contribution in [0.5, 0.6) is 5.75 Å². The second kappa shape index (κ2) is 4.86. The van der Waals surface area contributed by atoms with Crippen LogP contribution >= 0.6 is 11.6 Å². The smallest absolute Gasteiger partial charge is 0.141 e. The Balaban J connectivity index is 3.38. The monoisotopic (exact) mass is 228 g/mol. The summed E-state index contributed by atoms with van der Waals surface area (Å²) in [5.74, 6) is 0.720. The van der Waals surface area contributed by atoms with Crippen LogP contribution in [0.15, 0.2) is 6.07 Å². The van der Waals surface area contributed by atoms with E-state index in [1.807, 2.05) is 26.8 Å². The van der Waals surface area contributed by atoms with Crippen LogP contribution in [0.2, 0.25) is 5.02 Å².